The molecule has 0 fully saturated rings. The first-order valence-electron chi connectivity index (χ1n) is 11.1. The van der Waals surface area contributed by atoms with Gasteiger partial charge in [-0.15, -0.1) is 0 Å². The van der Waals surface area contributed by atoms with Crippen molar-refractivity contribution in [2.24, 2.45) is 11.1 Å². The number of primary amides is 1. The van der Waals surface area contributed by atoms with Crippen LogP contribution in [0.15, 0.2) is 53.3 Å². The third-order valence-corrected chi connectivity index (χ3v) is 5.54. The minimum absolute atomic E-state index is 0.00761. The van der Waals surface area contributed by atoms with Crippen LogP contribution >= 0.6 is 0 Å². The number of hydrogen-bond acceptors (Lipinski definition) is 5. The van der Waals surface area contributed by atoms with Crippen LogP contribution in [0.25, 0.3) is 10.8 Å². The van der Waals surface area contributed by atoms with Crippen molar-refractivity contribution < 1.29 is 14.6 Å². The van der Waals surface area contributed by atoms with Crippen LogP contribution in [0.3, 0.4) is 0 Å². The predicted octanol–water partition coefficient (Wildman–Crippen LogP) is 3.65. The number of carbonyl (C=O) groups excluding carboxylic acids is 1. The van der Waals surface area contributed by atoms with Crippen molar-refractivity contribution in [2.75, 3.05) is 6.61 Å². The second kappa shape index (κ2) is 9.35. The summed E-state index contributed by atoms with van der Waals surface area (Å²) in [4.78, 5) is 24.5. The van der Waals surface area contributed by atoms with Crippen molar-refractivity contribution in [1.29, 1.82) is 0 Å². The van der Waals surface area contributed by atoms with Gasteiger partial charge in [0.2, 0.25) is 0 Å². The molecule has 0 spiro atoms. The van der Waals surface area contributed by atoms with Crippen molar-refractivity contribution in [1.82, 2.24) is 9.78 Å². The second-order valence-corrected chi connectivity index (χ2v) is 10.4. The lowest BCUT2D eigenvalue weighted by atomic mass is 9.72. The number of aromatic nitrogens is 2. The number of nitrogens with zero attached hydrogens (tertiary/aromatic N) is 2. The van der Waals surface area contributed by atoms with Gasteiger partial charge in [0.05, 0.1) is 11.9 Å². The number of fused-ring (bicyclic) bond motifs is 1. The molecule has 176 valence electrons. The number of aliphatic hydroxyl groups excluding tert-OH is 1. The average molecular weight is 452 g/mol. The Morgan fingerprint density at radius 1 is 1.06 bits per heavy atom. The fourth-order valence-electron chi connectivity index (χ4n) is 4.42. The minimum atomic E-state index is -1.01. The van der Waals surface area contributed by atoms with Crippen LogP contribution < -0.4 is 16.0 Å². The molecule has 3 rings (SSSR count). The van der Waals surface area contributed by atoms with E-state index in [9.17, 15) is 14.7 Å². The van der Waals surface area contributed by atoms with Crippen LogP contribution in [-0.4, -0.2) is 33.5 Å². The highest BCUT2D eigenvalue weighted by Gasteiger charge is 2.27. The van der Waals surface area contributed by atoms with Gasteiger partial charge in [0, 0.05) is 5.39 Å². The van der Waals surface area contributed by atoms with Gasteiger partial charge in [0.1, 0.15) is 18.5 Å². The van der Waals surface area contributed by atoms with Crippen molar-refractivity contribution in [3.63, 3.8) is 0 Å². The Hall–Kier alpha value is -3.19. The van der Waals surface area contributed by atoms with E-state index < -0.39 is 17.6 Å². The molecule has 0 aliphatic carbocycles. The molecule has 0 radical (unpaired) electrons. The molecular formula is C26H33N3O4. The highest BCUT2D eigenvalue weighted by molar-refractivity contribution is 6.03. The number of ether oxygens (including phenoxy) is 1. The van der Waals surface area contributed by atoms with Gasteiger partial charge in [-0.1, -0.05) is 65.0 Å². The normalized spacial score (nSPS) is 13.2. The quantitative estimate of drug-likeness (QED) is 0.544. The highest BCUT2D eigenvalue weighted by atomic mass is 16.5. The first-order valence-corrected chi connectivity index (χ1v) is 11.1. The van der Waals surface area contributed by atoms with E-state index >= 15 is 0 Å². The average Bonchev–Trinajstić information content (AvgIpc) is 2.73. The highest BCUT2D eigenvalue weighted by Crippen LogP contribution is 2.36. The summed E-state index contributed by atoms with van der Waals surface area (Å²) in [6.45, 7) is 11.0. The van der Waals surface area contributed by atoms with Crippen LogP contribution in [-0.2, 0) is 12.0 Å². The zero-order chi connectivity index (χ0) is 24.4. The first kappa shape index (κ1) is 24.5. The van der Waals surface area contributed by atoms with Crippen LogP contribution in [0.4, 0.5) is 0 Å². The molecule has 0 aliphatic heterocycles. The first-order chi connectivity index (χ1) is 15.4. The summed E-state index contributed by atoms with van der Waals surface area (Å²) in [7, 11) is 0. The molecule has 7 heteroatoms. The summed E-state index contributed by atoms with van der Waals surface area (Å²) in [5.74, 6) is -0.110. The van der Waals surface area contributed by atoms with Gasteiger partial charge >= 0.3 is 0 Å². The van der Waals surface area contributed by atoms with E-state index in [4.69, 9.17) is 10.5 Å². The van der Waals surface area contributed by atoms with Gasteiger partial charge in [-0.2, -0.15) is 5.10 Å². The van der Waals surface area contributed by atoms with Gasteiger partial charge in [-0.05, 0) is 41.0 Å². The van der Waals surface area contributed by atoms with E-state index in [1.165, 1.54) is 5.56 Å². The van der Waals surface area contributed by atoms with Crippen molar-refractivity contribution in [3.05, 3.63) is 70.1 Å². The van der Waals surface area contributed by atoms with Crippen molar-refractivity contribution >= 4 is 16.7 Å². The number of benzene rings is 2. The maximum Gasteiger partial charge on any atom is 0.274 e. The van der Waals surface area contributed by atoms with E-state index in [0.717, 1.165) is 11.1 Å². The summed E-state index contributed by atoms with van der Waals surface area (Å²) in [5.41, 5.74) is 6.48. The molecule has 2 aromatic carbocycles. The maximum atomic E-state index is 12.7. The molecule has 3 N–H and O–H groups in total. The minimum Gasteiger partial charge on any atom is -0.491 e. The number of rotatable bonds is 8. The van der Waals surface area contributed by atoms with Crippen LogP contribution in [0.1, 0.15) is 57.1 Å². The van der Waals surface area contributed by atoms with Gasteiger partial charge in [0.15, 0.2) is 5.69 Å². The molecule has 1 aromatic heterocycles. The lowest BCUT2D eigenvalue weighted by molar-refractivity contribution is 0.0871. The number of hydrogen-bond donors (Lipinski definition) is 2. The zero-order valence-corrected chi connectivity index (χ0v) is 20.0. The molecular weight excluding hydrogens is 418 g/mol. The fourth-order valence-corrected chi connectivity index (χ4v) is 4.42. The summed E-state index contributed by atoms with van der Waals surface area (Å²) < 4.78 is 6.79. The molecule has 33 heavy (non-hydrogen) atoms. The van der Waals surface area contributed by atoms with Crippen LogP contribution in [0, 0.1) is 5.41 Å². The Labute approximate surface area is 194 Å². The van der Waals surface area contributed by atoms with Gasteiger partial charge < -0.3 is 15.6 Å². The molecule has 1 atom stereocenters. The molecule has 3 aromatic rings. The largest absolute Gasteiger partial charge is 0.491 e. The maximum absolute atomic E-state index is 12.7. The Bertz CT molecular complexity index is 1190. The van der Waals surface area contributed by atoms with E-state index in [-0.39, 0.29) is 29.7 Å². The van der Waals surface area contributed by atoms with Gasteiger partial charge in [0.25, 0.3) is 11.5 Å². The molecule has 1 heterocycles. The topological polar surface area (TPSA) is 107 Å². The summed E-state index contributed by atoms with van der Waals surface area (Å²) in [5, 5.41) is 15.3. The van der Waals surface area contributed by atoms with Crippen molar-refractivity contribution in [2.45, 2.75) is 59.1 Å². The zero-order valence-electron chi connectivity index (χ0n) is 20.0. The van der Waals surface area contributed by atoms with E-state index in [1.807, 2.05) is 24.3 Å². The number of aliphatic hydroxyl groups is 1. The van der Waals surface area contributed by atoms with Crippen LogP contribution in [0.5, 0.6) is 5.75 Å². The summed E-state index contributed by atoms with van der Waals surface area (Å²) in [6, 6.07) is 14.5. The van der Waals surface area contributed by atoms with E-state index in [1.54, 1.807) is 24.3 Å². The predicted molar refractivity (Wildman–Crippen MR) is 130 cm³/mol. The SMILES string of the molecule is CC(C)(C)CC(C)(C)c1ccc(OCC(O)Cn2nc(C(N)=O)c3ccccc3c2=O)cc1. The van der Waals surface area contributed by atoms with Crippen LogP contribution in [0.2, 0.25) is 0 Å². The number of amides is 1. The van der Waals surface area contributed by atoms with E-state index in [0.29, 0.717) is 16.5 Å². The van der Waals surface area contributed by atoms with Gasteiger partial charge in [-0.25, -0.2) is 4.68 Å². The van der Waals surface area contributed by atoms with Gasteiger partial charge in [-0.3, -0.25) is 9.59 Å². The Morgan fingerprint density at radius 2 is 1.67 bits per heavy atom. The fraction of sp³-hybridized carbons (Fsp3) is 0.423. The third-order valence-electron chi connectivity index (χ3n) is 5.54. The summed E-state index contributed by atoms with van der Waals surface area (Å²) >= 11 is 0. The molecule has 0 aliphatic rings. The lowest BCUT2D eigenvalue weighted by Gasteiger charge is -2.33. The number of nitrogens with two attached hydrogens (primary N) is 1. The molecule has 0 saturated heterocycles. The molecule has 1 unspecified atom stereocenters. The molecule has 0 bridgehead atoms. The number of carbonyl (C=O) groups is 1. The third kappa shape index (κ3) is 5.99. The molecule has 0 saturated carbocycles. The Morgan fingerprint density at radius 3 is 2.24 bits per heavy atom. The Balaban J connectivity index is 1.69. The molecule has 7 nitrogen and oxygen atoms in total. The molecule has 1 amide bonds. The monoisotopic (exact) mass is 451 g/mol. The lowest BCUT2D eigenvalue weighted by Crippen LogP contribution is -2.34. The van der Waals surface area contributed by atoms with Crippen molar-refractivity contribution in [3.8, 4) is 5.75 Å². The summed E-state index contributed by atoms with van der Waals surface area (Å²) in [6.07, 6.45) is 0.0359. The second-order valence-electron chi connectivity index (χ2n) is 10.4. The Kier molecular flexibility index (Phi) is 6.93. The standard InChI is InChI=1S/C26H33N3O4/c1-25(2,3)16-26(4,5)17-10-12-19(13-11-17)33-15-18(30)14-29-24(32)21-9-7-6-8-20(21)22(28-29)23(27)31/h6-13,18,30H,14-16H2,1-5H3,(H2,27,31). The van der Waals surface area contributed by atoms with E-state index in [2.05, 4.69) is 39.7 Å². The smallest absolute Gasteiger partial charge is 0.274 e.